The fourth-order valence-electron chi connectivity index (χ4n) is 2.28. The Kier molecular flexibility index (Phi) is 3.28. The Morgan fingerprint density at radius 1 is 1.71 bits per heavy atom. The maximum absolute atomic E-state index is 12.3. The first-order chi connectivity index (χ1) is 8.15. The topological polar surface area (TPSA) is 79.5 Å². The van der Waals surface area contributed by atoms with Crippen LogP contribution in [0.2, 0.25) is 0 Å². The second kappa shape index (κ2) is 4.71. The summed E-state index contributed by atoms with van der Waals surface area (Å²) in [6.07, 6.45) is 3.95. The minimum Gasteiger partial charge on any atom is -0.398 e. The van der Waals surface area contributed by atoms with Gasteiger partial charge in [0.2, 0.25) is 0 Å². The number of amides is 1. The average molecular weight is 235 g/mol. The number of pyridine rings is 1. The van der Waals surface area contributed by atoms with Crippen molar-refractivity contribution in [2.45, 2.75) is 19.4 Å². The first-order valence-corrected chi connectivity index (χ1v) is 5.76. The molecule has 0 bridgehead atoms. The second-order valence-electron chi connectivity index (χ2n) is 4.48. The smallest absolute Gasteiger partial charge is 0.257 e. The van der Waals surface area contributed by atoms with E-state index in [2.05, 4.69) is 4.98 Å². The quantitative estimate of drug-likeness (QED) is 0.782. The molecular weight excluding hydrogens is 218 g/mol. The summed E-state index contributed by atoms with van der Waals surface area (Å²) in [4.78, 5) is 17.9. The number of aromatic nitrogens is 1. The van der Waals surface area contributed by atoms with Crippen LogP contribution in [-0.4, -0.2) is 40.1 Å². The van der Waals surface area contributed by atoms with E-state index in [9.17, 15) is 9.90 Å². The number of aliphatic hydroxyl groups excluding tert-OH is 1. The molecule has 3 N–H and O–H groups in total. The van der Waals surface area contributed by atoms with E-state index in [1.54, 1.807) is 17.2 Å². The van der Waals surface area contributed by atoms with E-state index < -0.39 is 0 Å². The molecule has 2 rings (SSSR count). The van der Waals surface area contributed by atoms with Crippen molar-refractivity contribution >= 4 is 11.6 Å². The van der Waals surface area contributed by atoms with Gasteiger partial charge in [0, 0.05) is 24.6 Å². The monoisotopic (exact) mass is 235 g/mol. The molecular formula is C12H17N3O2. The number of likely N-dealkylation sites (tertiary alicyclic amines) is 1. The number of hydrogen-bond donors (Lipinski definition) is 2. The van der Waals surface area contributed by atoms with Gasteiger partial charge in [0.05, 0.1) is 18.2 Å². The van der Waals surface area contributed by atoms with Crippen LogP contribution in [0.5, 0.6) is 0 Å². The minimum absolute atomic E-state index is 0.00687. The van der Waals surface area contributed by atoms with E-state index in [1.165, 1.54) is 6.20 Å². The lowest BCUT2D eigenvalue weighted by molar-refractivity contribution is 0.0649. The summed E-state index contributed by atoms with van der Waals surface area (Å²) in [5.74, 6) is 0.181. The van der Waals surface area contributed by atoms with Crippen LogP contribution in [0.25, 0.3) is 0 Å². The molecule has 1 saturated heterocycles. The molecule has 1 amide bonds. The van der Waals surface area contributed by atoms with Crippen molar-refractivity contribution in [2.24, 2.45) is 5.92 Å². The molecule has 17 heavy (non-hydrogen) atoms. The van der Waals surface area contributed by atoms with Crippen LogP contribution >= 0.6 is 0 Å². The van der Waals surface area contributed by atoms with E-state index in [1.807, 2.05) is 6.92 Å². The second-order valence-corrected chi connectivity index (χ2v) is 4.48. The minimum atomic E-state index is -0.140. The third kappa shape index (κ3) is 2.10. The van der Waals surface area contributed by atoms with Crippen molar-refractivity contribution in [1.29, 1.82) is 0 Å². The zero-order chi connectivity index (χ0) is 12.4. The van der Waals surface area contributed by atoms with Gasteiger partial charge in [-0.2, -0.15) is 0 Å². The molecule has 5 heteroatoms. The van der Waals surface area contributed by atoms with Gasteiger partial charge in [-0.25, -0.2) is 0 Å². The van der Waals surface area contributed by atoms with Gasteiger partial charge in [-0.05, 0) is 18.4 Å². The van der Waals surface area contributed by atoms with Crippen molar-refractivity contribution in [1.82, 2.24) is 9.88 Å². The molecule has 1 aliphatic rings. The maximum atomic E-state index is 12.3. The number of rotatable bonds is 2. The van der Waals surface area contributed by atoms with Crippen LogP contribution in [-0.2, 0) is 0 Å². The normalized spacial score (nSPS) is 24.0. The summed E-state index contributed by atoms with van der Waals surface area (Å²) in [5.41, 5.74) is 6.61. The van der Waals surface area contributed by atoms with Crippen molar-refractivity contribution in [3.05, 3.63) is 24.0 Å². The van der Waals surface area contributed by atoms with Gasteiger partial charge in [0.15, 0.2) is 0 Å². The molecule has 1 aromatic heterocycles. The number of carbonyl (C=O) groups is 1. The third-order valence-electron chi connectivity index (χ3n) is 3.42. The van der Waals surface area contributed by atoms with E-state index in [0.717, 1.165) is 6.42 Å². The molecule has 0 aromatic carbocycles. The van der Waals surface area contributed by atoms with Gasteiger partial charge in [0.25, 0.3) is 5.91 Å². The van der Waals surface area contributed by atoms with Crippen LogP contribution in [0.1, 0.15) is 23.7 Å². The van der Waals surface area contributed by atoms with Crippen molar-refractivity contribution in [3.63, 3.8) is 0 Å². The van der Waals surface area contributed by atoms with E-state index in [4.69, 9.17) is 5.73 Å². The molecule has 1 aromatic rings. The number of carbonyl (C=O) groups excluding carboxylic acids is 1. The van der Waals surface area contributed by atoms with Crippen LogP contribution in [0.3, 0.4) is 0 Å². The predicted molar refractivity (Wildman–Crippen MR) is 64.3 cm³/mol. The van der Waals surface area contributed by atoms with Gasteiger partial charge < -0.3 is 15.7 Å². The Labute approximate surface area is 100 Å². The highest BCUT2D eigenvalue weighted by atomic mass is 16.3. The highest BCUT2D eigenvalue weighted by Gasteiger charge is 2.34. The zero-order valence-electron chi connectivity index (χ0n) is 9.84. The van der Waals surface area contributed by atoms with Gasteiger partial charge in [0.1, 0.15) is 0 Å². The molecule has 0 aliphatic carbocycles. The van der Waals surface area contributed by atoms with Gasteiger partial charge in [-0.1, -0.05) is 6.92 Å². The van der Waals surface area contributed by atoms with E-state index in [0.29, 0.717) is 23.7 Å². The molecule has 1 aliphatic heterocycles. The Balaban J connectivity index is 2.24. The SMILES string of the molecule is CC1CCN(C(=O)c2cnccc2N)C1CO. The Bertz CT molecular complexity index is 422. The number of hydrogen-bond acceptors (Lipinski definition) is 4. The van der Waals surface area contributed by atoms with Crippen molar-refractivity contribution in [2.75, 3.05) is 18.9 Å². The summed E-state index contributed by atoms with van der Waals surface area (Å²) < 4.78 is 0. The Morgan fingerprint density at radius 2 is 2.47 bits per heavy atom. The molecule has 0 saturated carbocycles. The number of nitrogen functional groups attached to an aromatic ring is 1. The highest BCUT2D eigenvalue weighted by Crippen LogP contribution is 2.26. The zero-order valence-corrected chi connectivity index (χ0v) is 9.84. The molecule has 0 radical (unpaired) electrons. The standard InChI is InChI=1S/C12H17N3O2/c1-8-3-5-15(11(8)7-16)12(17)9-6-14-4-2-10(9)13/h2,4,6,8,11,16H,3,5,7H2,1H3,(H2,13,14). The van der Waals surface area contributed by atoms with Gasteiger partial charge in [-0.3, -0.25) is 9.78 Å². The molecule has 2 atom stereocenters. The van der Waals surface area contributed by atoms with Crippen LogP contribution in [0.4, 0.5) is 5.69 Å². The summed E-state index contributed by atoms with van der Waals surface area (Å²) >= 11 is 0. The van der Waals surface area contributed by atoms with Crippen molar-refractivity contribution in [3.8, 4) is 0 Å². The van der Waals surface area contributed by atoms with Crippen LogP contribution in [0, 0.1) is 5.92 Å². The van der Waals surface area contributed by atoms with E-state index >= 15 is 0 Å². The fourth-order valence-corrected chi connectivity index (χ4v) is 2.28. The third-order valence-corrected chi connectivity index (χ3v) is 3.42. The first-order valence-electron chi connectivity index (χ1n) is 5.76. The highest BCUT2D eigenvalue weighted by molar-refractivity contribution is 5.99. The maximum Gasteiger partial charge on any atom is 0.257 e. The number of nitrogens with two attached hydrogens (primary N) is 1. The van der Waals surface area contributed by atoms with Crippen molar-refractivity contribution < 1.29 is 9.90 Å². The summed E-state index contributed by atoms with van der Waals surface area (Å²) in [6.45, 7) is 2.70. The van der Waals surface area contributed by atoms with Crippen LogP contribution < -0.4 is 5.73 Å². The summed E-state index contributed by atoms with van der Waals surface area (Å²) in [7, 11) is 0. The molecule has 2 heterocycles. The molecule has 1 fully saturated rings. The lowest BCUT2D eigenvalue weighted by Crippen LogP contribution is -2.40. The Hall–Kier alpha value is -1.62. The Morgan fingerprint density at radius 3 is 3.12 bits per heavy atom. The molecule has 5 nitrogen and oxygen atoms in total. The summed E-state index contributed by atoms with van der Waals surface area (Å²) in [6, 6.07) is 1.50. The largest absolute Gasteiger partial charge is 0.398 e. The molecule has 92 valence electrons. The number of aliphatic hydroxyl groups is 1. The van der Waals surface area contributed by atoms with Gasteiger partial charge >= 0.3 is 0 Å². The molecule has 0 spiro atoms. The first kappa shape index (κ1) is 11.9. The molecule has 2 unspecified atom stereocenters. The lowest BCUT2D eigenvalue weighted by Gasteiger charge is -2.25. The average Bonchev–Trinajstić information content (AvgIpc) is 2.70. The van der Waals surface area contributed by atoms with Gasteiger partial charge in [-0.15, -0.1) is 0 Å². The van der Waals surface area contributed by atoms with E-state index in [-0.39, 0.29) is 18.6 Å². The summed E-state index contributed by atoms with van der Waals surface area (Å²) in [5, 5.41) is 9.33. The number of nitrogens with zero attached hydrogens (tertiary/aromatic N) is 2. The van der Waals surface area contributed by atoms with Crippen LogP contribution in [0.15, 0.2) is 18.5 Å². The number of anilines is 1. The lowest BCUT2D eigenvalue weighted by atomic mass is 10.0. The predicted octanol–water partition coefficient (Wildman–Crippen LogP) is 0.507. The fraction of sp³-hybridized carbons (Fsp3) is 0.500.